The average molecular weight is 279 g/mol. The van der Waals surface area contributed by atoms with E-state index in [1.807, 2.05) is 0 Å². The van der Waals surface area contributed by atoms with Crippen molar-refractivity contribution in [2.75, 3.05) is 18.2 Å². The van der Waals surface area contributed by atoms with E-state index in [2.05, 4.69) is 48.3 Å². The first kappa shape index (κ1) is 14.8. The molecule has 112 valence electrons. The van der Waals surface area contributed by atoms with E-state index in [4.69, 9.17) is 10.5 Å². The second-order valence-corrected chi connectivity index (χ2v) is 6.79. The number of aromatic nitrogens is 2. The monoisotopic (exact) mass is 279 g/mol. The van der Waals surface area contributed by atoms with Crippen LogP contribution >= 0.6 is 0 Å². The average Bonchev–Trinajstić information content (AvgIpc) is 2.27. The number of hydrogen-bond acceptors (Lipinski definition) is 6. The van der Waals surface area contributed by atoms with Gasteiger partial charge in [-0.05, 0) is 40.5 Å². The first-order chi connectivity index (χ1) is 9.22. The summed E-state index contributed by atoms with van der Waals surface area (Å²) >= 11 is 0. The van der Waals surface area contributed by atoms with Gasteiger partial charge in [-0.15, -0.1) is 0 Å². The van der Waals surface area contributed by atoms with E-state index in [1.165, 1.54) is 6.33 Å². The third-order valence-corrected chi connectivity index (χ3v) is 3.57. The molecule has 0 aromatic carbocycles. The van der Waals surface area contributed by atoms with E-state index >= 15 is 0 Å². The zero-order valence-electron chi connectivity index (χ0n) is 12.9. The topological polar surface area (TPSA) is 85.1 Å². The van der Waals surface area contributed by atoms with Gasteiger partial charge in [0.2, 0.25) is 5.88 Å². The normalized spacial score (nSPS) is 21.4. The summed E-state index contributed by atoms with van der Waals surface area (Å²) in [6.45, 7) is 8.86. The molecule has 2 heterocycles. The molecule has 1 aromatic rings. The van der Waals surface area contributed by atoms with E-state index in [1.54, 1.807) is 7.11 Å². The molecule has 20 heavy (non-hydrogen) atoms. The number of ether oxygens (including phenoxy) is 1. The molecule has 1 aliphatic rings. The van der Waals surface area contributed by atoms with Gasteiger partial charge < -0.3 is 21.1 Å². The van der Waals surface area contributed by atoms with Gasteiger partial charge in [0, 0.05) is 17.1 Å². The fourth-order valence-corrected chi connectivity index (χ4v) is 3.27. The summed E-state index contributed by atoms with van der Waals surface area (Å²) in [5.41, 5.74) is 6.63. The molecule has 1 aliphatic heterocycles. The number of rotatable bonds is 3. The van der Waals surface area contributed by atoms with Gasteiger partial charge >= 0.3 is 0 Å². The van der Waals surface area contributed by atoms with Crippen LogP contribution in [0.5, 0.6) is 5.88 Å². The summed E-state index contributed by atoms with van der Waals surface area (Å²) in [6.07, 6.45) is 3.47. The molecule has 4 N–H and O–H groups in total. The zero-order valence-corrected chi connectivity index (χ0v) is 12.9. The number of piperidine rings is 1. The Hall–Kier alpha value is -1.56. The van der Waals surface area contributed by atoms with E-state index in [0.29, 0.717) is 23.4 Å². The van der Waals surface area contributed by atoms with Gasteiger partial charge in [0.25, 0.3) is 0 Å². The molecular formula is C14H25N5O. The molecule has 2 rings (SSSR count). The lowest BCUT2D eigenvalue weighted by atomic mass is 9.79. The Morgan fingerprint density at radius 3 is 2.40 bits per heavy atom. The van der Waals surface area contributed by atoms with Crippen LogP contribution in [0.4, 0.5) is 11.5 Å². The van der Waals surface area contributed by atoms with Gasteiger partial charge in [0.15, 0.2) is 5.82 Å². The Labute approximate surface area is 120 Å². The van der Waals surface area contributed by atoms with E-state index in [9.17, 15) is 0 Å². The van der Waals surface area contributed by atoms with Crippen molar-refractivity contribution in [3.05, 3.63) is 6.33 Å². The van der Waals surface area contributed by atoms with Crippen LogP contribution in [-0.4, -0.2) is 34.2 Å². The molecule has 0 amide bonds. The van der Waals surface area contributed by atoms with Gasteiger partial charge in [0.05, 0.1) is 7.11 Å². The minimum Gasteiger partial charge on any atom is -0.479 e. The van der Waals surface area contributed by atoms with Crippen molar-refractivity contribution >= 4 is 11.5 Å². The largest absolute Gasteiger partial charge is 0.479 e. The van der Waals surface area contributed by atoms with Crippen LogP contribution in [0.3, 0.4) is 0 Å². The van der Waals surface area contributed by atoms with Crippen LogP contribution in [0.25, 0.3) is 0 Å². The third kappa shape index (κ3) is 3.30. The van der Waals surface area contributed by atoms with Crippen molar-refractivity contribution in [3.63, 3.8) is 0 Å². The Kier molecular flexibility index (Phi) is 3.77. The van der Waals surface area contributed by atoms with Gasteiger partial charge in [-0.1, -0.05) is 0 Å². The molecule has 1 aromatic heterocycles. The van der Waals surface area contributed by atoms with Crippen LogP contribution in [-0.2, 0) is 0 Å². The minimum absolute atomic E-state index is 0.0747. The third-order valence-electron chi connectivity index (χ3n) is 3.57. The molecule has 6 heteroatoms. The summed E-state index contributed by atoms with van der Waals surface area (Å²) in [4.78, 5) is 8.23. The van der Waals surface area contributed by atoms with Crippen LogP contribution in [0.15, 0.2) is 6.33 Å². The molecule has 0 radical (unpaired) electrons. The van der Waals surface area contributed by atoms with Crippen molar-refractivity contribution in [2.24, 2.45) is 0 Å². The lowest BCUT2D eigenvalue weighted by Gasteiger charge is -2.46. The second kappa shape index (κ2) is 5.09. The maximum absolute atomic E-state index is 6.02. The molecule has 1 saturated heterocycles. The van der Waals surface area contributed by atoms with Crippen LogP contribution < -0.4 is 21.1 Å². The number of nitrogens with zero attached hydrogens (tertiary/aromatic N) is 2. The molecule has 0 bridgehead atoms. The standard InChI is InChI=1S/C14H25N5O/c1-13(2)6-9(7-14(3,4)19-13)18-11-10(15)12(20-5)17-8-16-11/h8-9,19H,6-7,15H2,1-5H3,(H,16,17,18). The smallest absolute Gasteiger partial charge is 0.242 e. The molecule has 0 atom stereocenters. The van der Waals surface area contributed by atoms with Crippen molar-refractivity contribution in [2.45, 2.75) is 57.7 Å². The maximum Gasteiger partial charge on any atom is 0.242 e. The van der Waals surface area contributed by atoms with Gasteiger partial charge in [-0.2, -0.15) is 4.98 Å². The lowest BCUT2D eigenvalue weighted by Crippen LogP contribution is -2.60. The van der Waals surface area contributed by atoms with Crippen molar-refractivity contribution in [1.29, 1.82) is 0 Å². The van der Waals surface area contributed by atoms with E-state index in [-0.39, 0.29) is 11.1 Å². The highest BCUT2D eigenvalue weighted by Crippen LogP contribution is 2.32. The van der Waals surface area contributed by atoms with Crippen LogP contribution in [0.2, 0.25) is 0 Å². The van der Waals surface area contributed by atoms with Crippen LogP contribution in [0, 0.1) is 0 Å². The van der Waals surface area contributed by atoms with E-state index < -0.39 is 0 Å². The number of anilines is 2. The fraction of sp³-hybridized carbons (Fsp3) is 0.714. The van der Waals surface area contributed by atoms with E-state index in [0.717, 1.165) is 12.8 Å². The number of methoxy groups -OCH3 is 1. The summed E-state index contributed by atoms with van der Waals surface area (Å²) in [6, 6.07) is 0.308. The number of nitrogens with one attached hydrogen (secondary N) is 2. The zero-order chi connectivity index (χ0) is 15.0. The van der Waals surface area contributed by atoms with Crippen molar-refractivity contribution in [1.82, 2.24) is 15.3 Å². The maximum atomic E-state index is 6.02. The highest BCUT2D eigenvalue weighted by atomic mass is 16.5. The number of hydrogen-bond donors (Lipinski definition) is 3. The first-order valence-corrected chi connectivity index (χ1v) is 6.93. The highest BCUT2D eigenvalue weighted by molar-refractivity contribution is 5.66. The molecule has 6 nitrogen and oxygen atoms in total. The van der Waals surface area contributed by atoms with Crippen molar-refractivity contribution < 1.29 is 4.74 Å². The molecule has 0 aliphatic carbocycles. The Bertz CT molecular complexity index is 470. The number of nitrogen functional groups attached to an aromatic ring is 1. The SMILES string of the molecule is COc1ncnc(NC2CC(C)(C)NC(C)(C)C2)c1N. The number of nitrogens with two attached hydrogens (primary N) is 1. The molecule has 0 unspecified atom stereocenters. The van der Waals surface area contributed by atoms with Gasteiger partial charge in [-0.3, -0.25) is 0 Å². The van der Waals surface area contributed by atoms with Crippen molar-refractivity contribution in [3.8, 4) is 5.88 Å². The summed E-state index contributed by atoms with van der Waals surface area (Å²) in [5.74, 6) is 1.06. The minimum atomic E-state index is 0.0747. The fourth-order valence-electron chi connectivity index (χ4n) is 3.27. The highest BCUT2D eigenvalue weighted by Gasteiger charge is 2.37. The second-order valence-electron chi connectivity index (χ2n) is 6.79. The summed E-state index contributed by atoms with van der Waals surface area (Å²) in [7, 11) is 1.55. The summed E-state index contributed by atoms with van der Waals surface area (Å²) in [5, 5.41) is 7.10. The first-order valence-electron chi connectivity index (χ1n) is 6.93. The predicted octanol–water partition coefficient (Wildman–Crippen LogP) is 1.79. The molecule has 0 spiro atoms. The Morgan fingerprint density at radius 2 is 1.85 bits per heavy atom. The van der Waals surface area contributed by atoms with Crippen LogP contribution in [0.1, 0.15) is 40.5 Å². The molecule has 0 saturated carbocycles. The molecular weight excluding hydrogens is 254 g/mol. The van der Waals surface area contributed by atoms with Gasteiger partial charge in [-0.25, -0.2) is 4.98 Å². The lowest BCUT2D eigenvalue weighted by molar-refractivity contribution is 0.170. The molecule has 1 fully saturated rings. The van der Waals surface area contributed by atoms with Gasteiger partial charge in [0.1, 0.15) is 12.0 Å². The summed E-state index contributed by atoms with van der Waals surface area (Å²) < 4.78 is 5.13. The Morgan fingerprint density at radius 1 is 1.25 bits per heavy atom. The predicted molar refractivity (Wildman–Crippen MR) is 80.9 cm³/mol. The quantitative estimate of drug-likeness (QED) is 0.782. The Balaban J connectivity index is 2.17.